The number of nitrogens with one attached hydrogen (secondary N) is 1. The highest BCUT2D eigenvalue weighted by Gasteiger charge is 2.09. The summed E-state index contributed by atoms with van der Waals surface area (Å²) in [4.78, 5) is 14.0. The van der Waals surface area contributed by atoms with Crippen LogP contribution >= 0.6 is 11.6 Å². The smallest absolute Gasteiger partial charge is 0.287 e. The van der Waals surface area contributed by atoms with Gasteiger partial charge in [-0.2, -0.15) is 5.10 Å². The van der Waals surface area contributed by atoms with Crippen molar-refractivity contribution in [1.82, 2.24) is 14.7 Å². The maximum Gasteiger partial charge on any atom is 0.287 e. The minimum atomic E-state index is -0.391. The topological polar surface area (TPSA) is 70.4 Å². The van der Waals surface area contributed by atoms with Crippen molar-refractivity contribution in [3.63, 3.8) is 0 Å². The number of aliphatic hydroxyl groups excluding tert-OH is 1. The van der Waals surface area contributed by atoms with Crippen LogP contribution in [0.4, 0.5) is 5.69 Å². The van der Waals surface area contributed by atoms with Gasteiger partial charge in [0.25, 0.3) is 5.56 Å². The van der Waals surface area contributed by atoms with Gasteiger partial charge in [0.15, 0.2) is 0 Å². The van der Waals surface area contributed by atoms with E-state index in [0.29, 0.717) is 18.3 Å². The number of aliphatic hydroxyl groups is 1. The minimum absolute atomic E-state index is 0.107. The zero-order valence-electron chi connectivity index (χ0n) is 11.6. The summed E-state index contributed by atoms with van der Waals surface area (Å²) in [6, 6.07) is 0.466. The molecule has 0 aromatic carbocycles. The molecule has 0 aliphatic heterocycles. The number of nitrogens with zero attached hydrogens (tertiary/aromatic N) is 3. The molecule has 0 unspecified atom stereocenters. The largest absolute Gasteiger partial charge is 0.394 e. The van der Waals surface area contributed by atoms with Gasteiger partial charge in [-0.25, -0.2) is 4.68 Å². The molecule has 1 aromatic rings. The number of hydrogen-bond acceptors (Lipinski definition) is 5. The van der Waals surface area contributed by atoms with Crippen LogP contribution in [0.1, 0.15) is 13.8 Å². The van der Waals surface area contributed by atoms with Crippen LogP contribution < -0.4 is 10.9 Å². The zero-order chi connectivity index (χ0) is 14.4. The Labute approximate surface area is 118 Å². The van der Waals surface area contributed by atoms with Gasteiger partial charge in [-0.15, -0.1) is 0 Å². The second-order valence-electron chi connectivity index (χ2n) is 4.63. The van der Waals surface area contributed by atoms with E-state index in [1.165, 1.54) is 6.20 Å². The molecule has 1 rings (SSSR count). The Morgan fingerprint density at radius 3 is 2.84 bits per heavy atom. The van der Waals surface area contributed by atoms with Crippen LogP contribution in [-0.4, -0.2) is 52.6 Å². The van der Waals surface area contributed by atoms with Gasteiger partial charge in [0, 0.05) is 19.1 Å². The highest BCUT2D eigenvalue weighted by molar-refractivity contribution is 6.32. The number of halogens is 1. The summed E-state index contributed by atoms with van der Waals surface area (Å²) in [7, 11) is 2.03. The molecule has 1 aromatic heterocycles. The van der Waals surface area contributed by atoms with Gasteiger partial charge in [0.1, 0.15) is 5.02 Å². The van der Waals surface area contributed by atoms with Crippen LogP contribution in [0.3, 0.4) is 0 Å². The van der Waals surface area contributed by atoms with Gasteiger partial charge < -0.3 is 15.3 Å². The van der Waals surface area contributed by atoms with Crippen molar-refractivity contribution in [2.75, 3.05) is 32.1 Å². The second kappa shape index (κ2) is 7.47. The molecule has 0 saturated carbocycles. The molecule has 1 heterocycles. The zero-order valence-corrected chi connectivity index (χ0v) is 12.3. The summed E-state index contributed by atoms with van der Waals surface area (Å²) >= 11 is 5.98. The lowest BCUT2D eigenvalue weighted by molar-refractivity contribution is 0.266. The molecule has 0 bridgehead atoms. The highest BCUT2D eigenvalue weighted by atomic mass is 35.5. The van der Waals surface area contributed by atoms with Gasteiger partial charge in [-0.1, -0.05) is 11.6 Å². The third-order valence-corrected chi connectivity index (χ3v) is 3.32. The molecule has 0 fully saturated rings. The molecule has 19 heavy (non-hydrogen) atoms. The average molecular weight is 289 g/mol. The number of anilines is 1. The van der Waals surface area contributed by atoms with Gasteiger partial charge >= 0.3 is 0 Å². The molecule has 0 saturated heterocycles. The van der Waals surface area contributed by atoms with E-state index in [1.54, 1.807) is 0 Å². The predicted molar refractivity (Wildman–Crippen MR) is 76.8 cm³/mol. The number of likely N-dealkylation sites (N-methyl/N-ethyl adjacent to an activating group) is 1. The Kier molecular flexibility index (Phi) is 6.27. The summed E-state index contributed by atoms with van der Waals surface area (Å²) in [6.07, 6.45) is 1.51. The average Bonchev–Trinajstić information content (AvgIpc) is 2.37. The van der Waals surface area contributed by atoms with E-state index >= 15 is 0 Å². The van der Waals surface area contributed by atoms with Crippen molar-refractivity contribution < 1.29 is 5.11 Å². The summed E-state index contributed by atoms with van der Waals surface area (Å²) in [6.45, 7) is 5.76. The van der Waals surface area contributed by atoms with E-state index in [-0.39, 0.29) is 18.2 Å². The maximum atomic E-state index is 11.8. The van der Waals surface area contributed by atoms with E-state index in [0.717, 1.165) is 11.2 Å². The van der Waals surface area contributed by atoms with Crippen molar-refractivity contribution >= 4 is 17.3 Å². The molecule has 0 atom stereocenters. The molecular formula is C12H21ClN4O2. The van der Waals surface area contributed by atoms with Crippen molar-refractivity contribution in [2.24, 2.45) is 0 Å². The van der Waals surface area contributed by atoms with Crippen LogP contribution in [0.2, 0.25) is 5.02 Å². The molecule has 0 spiro atoms. The van der Waals surface area contributed by atoms with Crippen LogP contribution in [-0.2, 0) is 6.54 Å². The summed E-state index contributed by atoms with van der Waals surface area (Å²) < 4.78 is 1.15. The Morgan fingerprint density at radius 2 is 2.26 bits per heavy atom. The summed E-state index contributed by atoms with van der Waals surface area (Å²) in [5.41, 5.74) is 0.135. The van der Waals surface area contributed by atoms with Gasteiger partial charge in [-0.05, 0) is 20.9 Å². The first kappa shape index (κ1) is 15.9. The molecule has 0 aliphatic rings. The predicted octanol–water partition coefficient (Wildman–Crippen LogP) is 0.641. The first-order chi connectivity index (χ1) is 8.97. The van der Waals surface area contributed by atoms with E-state index in [1.807, 2.05) is 7.05 Å². The SMILES string of the molecule is CC(C)N(C)CCNc1cnn(CCO)c(=O)c1Cl. The Hall–Kier alpha value is -1.11. The monoisotopic (exact) mass is 288 g/mol. The fourth-order valence-corrected chi connectivity index (χ4v) is 1.68. The molecule has 0 amide bonds. The van der Waals surface area contributed by atoms with Crippen molar-refractivity contribution in [2.45, 2.75) is 26.4 Å². The van der Waals surface area contributed by atoms with E-state index in [9.17, 15) is 4.79 Å². The van der Waals surface area contributed by atoms with Crippen molar-refractivity contribution in [3.05, 3.63) is 21.6 Å². The van der Waals surface area contributed by atoms with E-state index in [4.69, 9.17) is 16.7 Å². The first-order valence-corrected chi connectivity index (χ1v) is 6.65. The maximum absolute atomic E-state index is 11.8. The fraction of sp³-hybridized carbons (Fsp3) is 0.667. The van der Waals surface area contributed by atoms with Crippen LogP contribution in [0, 0.1) is 0 Å². The quantitative estimate of drug-likeness (QED) is 0.771. The highest BCUT2D eigenvalue weighted by Crippen LogP contribution is 2.14. The van der Waals surface area contributed by atoms with Crippen LogP contribution in [0.25, 0.3) is 0 Å². The lowest BCUT2D eigenvalue weighted by Gasteiger charge is -2.21. The van der Waals surface area contributed by atoms with E-state index < -0.39 is 5.56 Å². The number of hydrogen-bond donors (Lipinski definition) is 2. The third-order valence-electron chi connectivity index (χ3n) is 2.96. The fourth-order valence-electron chi connectivity index (χ4n) is 1.47. The Balaban J connectivity index is 2.65. The minimum Gasteiger partial charge on any atom is -0.394 e. The summed E-state index contributed by atoms with van der Waals surface area (Å²) in [5.74, 6) is 0. The molecule has 2 N–H and O–H groups in total. The van der Waals surface area contributed by atoms with Crippen LogP contribution in [0.15, 0.2) is 11.0 Å². The Morgan fingerprint density at radius 1 is 1.58 bits per heavy atom. The molecular weight excluding hydrogens is 268 g/mol. The van der Waals surface area contributed by atoms with Crippen molar-refractivity contribution in [1.29, 1.82) is 0 Å². The molecule has 0 radical (unpaired) electrons. The molecule has 0 aliphatic carbocycles. The van der Waals surface area contributed by atoms with Gasteiger partial charge in [-0.3, -0.25) is 4.79 Å². The van der Waals surface area contributed by atoms with Gasteiger partial charge in [0.2, 0.25) is 0 Å². The number of aromatic nitrogens is 2. The number of rotatable bonds is 7. The van der Waals surface area contributed by atoms with E-state index in [2.05, 4.69) is 29.2 Å². The lowest BCUT2D eigenvalue weighted by atomic mass is 10.3. The lowest BCUT2D eigenvalue weighted by Crippen LogP contribution is -2.31. The molecule has 6 nitrogen and oxygen atoms in total. The van der Waals surface area contributed by atoms with Crippen LogP contribution in [0.5, 0.6) is 0 Å². The summed E-state index contributed by atoms with van der Waals surface area (Å²) in [5, 5.41) is 15.9. The molecule has 7 heteroatoms. The third kappa shape index (κ3) is 4.49. The second-order valence-corrected chi connectivity index (χ2v) is 5.00. The normalized spacial score (nSPS) is 11.3. The van der Waals surface area contributed by atoms with Crippen molar-refractivity contribution in [3.8, 4) is 0 Å². The van der Waals surface area contributed by atoms with Gasteiger partial charge in [0.05, 0.1) is 25.0 Å². The molecule has 108 valence electrons. The Bertz CT molecular complexity index is 462. The first-order valence-electron chi connectivity index (χ1n) is 6.28. The standard InChI is InChI=1S/C12H21ClN4O2/c1-9(2)16(3)5-4-14-10-8-15-17(6-7-18)12(19)11(10)13/h8-9,14,18H,4-7H2,1-3H3.